The van der Waals surface area contributed by atoms with Crippen molar-refractivity contribution in [2.45, 2.75) is 44.2 Å². The Kier molecular flexibility index (Phi) is 4.75. The van der Waals surface area contributed by atoms with Crippen LogP contribution in [0, 0.1) is 11.8 Å². The zero-order valence-electron chi connectivity index (χ0n) is 16.3. The van der Waals surface area contributed by atoms with E-state index in [0.717, 1.165) is 45.3 Å². The molecule has 0 aromatic heterocycles. The molecule has 6 rings (SSSR count). The zero-order valence-corrected chi connectivity index (χ0v) is 16.3. The van der Waals surface area contributed by atoms with Gasteiger partial charge in [0.25, 0.3) is 0 Å². The van der Waals surface area contributed by atoms with Crippen LogP contribution in [0.1, 0.15) is 42.9 Å². The van der Waals surface area contributed by atoms with Crippen LogP contribution in [-0.2, 0) is 16.0 Å². The summed E-state index contributed by atoms with van der Waals surface area (Å²) in [5.41, 5.74) is 2.49. The van der Waals surface area contributed by atoms with Crippen LogP contribution >= 0.6 is 0 Å². The van der Waals surface area contributed by atoms with E-state index in [1.54, 1.807) is 0 Å². The number of carbonyl (C=O) groups excluding carboxylic acids is 2. The Labute approximate surface area is 166 Å². The molecule has 4 saturated heterocycles. The number of amides is 2. The number of hydrogen-bond donors (Lipinski definition) is 1. The molecular formula is C22H29N3O3. The fourth-order valence-electron chi connectivity index (χ4n) is 5.63. The smallest absolute Gasteiger partial charge is 0.410 e. The summed E-state index contributed by atoms with van der Waals surface area (Å²) in [6, 6.07) is 8.31. The van der Waals surface area contributed by atoms with Gasteiger partial charge < -0.3 is 15.0 Å². The summed E-state index contributed by atoms with van der Waals surface area (Å²) in [4.78, 5) is 29.7. The minimum atomic E-state index is -0.191. The molecule has 5 heterocycles. The monoisotopic (exact) mass is 383 g/mol. The number of carbonyl (C=O) groups is 2. The van der Waals surface area contributed by atoms with Crippen LogP contribution in [0.3, 0.4) is 0 Å². The number of nitrogens with one attached hydrogen (secondary N) is 1. The van der Waals surface area contributed by atoms with E-state index in [4.69, 9.17) is 4.74 Å². The van der Waals surface area contributed by atoms with Crippen LogP contribution in [-0.4, -0.2) is 60.6 Å². The molecule has 1 aromatic rings. The molecule has 1 N–H and O–H groups in total. The number of nitrogens with zero attached hydrogens (tertiary/aromatic N) is 2. The molecule has 0 aliphatic carbocycles. The van der Waals surface area contributed by atoms with Gasteiger partial charge in [-0.3, -0.25) is 9.69 Å². The first-order valence-corrected chi connectivity index (χ1v) is 10.7. The molecule has 4 fully saturated rings. The van der Waals surface area contributed by atoms with E-state index < -0.39 is 0 Å². The molecule has 28 heavy (non-hydrogen) atoms. The standard InChI is InChI=1S/C22H29N3O3/c26-20-13-17(5-9-23-20)21-18-4-2-1-3-15(18)8-12-25(21)22(27)28-19-14-24-10-6-16(19)7-11-24/h1-4,16-17,19,21H,5-14H2,(H,23,26)/t17?,19-,21+/m1/s1. The molecule has 6 nitrogen and oxygen atoms in total. The quantitative estimate of drug-likeness (QED) is 0.852. The maximum Gasteiger partial charge on any atom is 0.410 e. The first kappa shape index (κ1) is 18.0. The Morgan fingerprint density at radius 1 is 1.07 bits per heavy atom. The number of piperidine rings is 4. The van der Waals surface area contributed by atoms with Crippen LogP contribution in [0.2, 0.25) is 0 Å². The predicted molar refractivity (Wildman–Crippen MR) is 105 cm³/mol. The molecule has 1 aromatic carbocycles. The highest BCUT2D eigenvalue weighted by atomic mass is 16.6. The summed E-state index contributed by atoms with van der Waals surface area (Å²) in [5, 5.41) is 2.92. The lowest BCUT2D eigenvalue weighted by atomic mass is 9.80. The molecule has 2 amide bonds. The number of ether oxygens (including phenoxy) is 1. The largest absolute Gasteiger partial charge is 0.444 e. The first-order valence-electron chi connectivity index (χ1n) is 10.7. The van der Waals surface area contributed by atoms with Crippen molar-refractivity contribution in [3.63, 3.8) is 0 Å². The maximum absolute atomic E-state index is 13.3. The fraction of sp³-hybridized carbons (Fsp3) is 0.636. The van der Waals surface area contributed by atoms with Crippen molar-refractivity contribution in [3.05, 3.63) is 35.4 Å². The second-order valence-electron chi connectivity index (χ2n) is 8.75. The fourth-order valence-corrected chi connectivity index (χ4v) is 5.63. The third kappa shape index (κ3) is 3.28. The van der Waals surface area contributed by atoms with Gasteiger partial charge in [0.1, 0.15) is 6.10 Å². The Morgan fingerprint density at radius 2 is 1.89 bits per heavy atom. The highest BCUT2D eigenvalue weighted by molar-refractivity contribution is 5.77. The van der Waals surface area contributed by atoms with E-state index in [1.807, 2.05) is 11.0 Å². The van der Waals surface area contributed by atoms with E-state index in [1.165, 1.54) is 11.1 Å². The van der Waals surface area contributed by atoms with Crippen LogP contribution < -0.4 is 5.32 Å². The summed E-state index contributed by atoms with van der Waals surface area (Å²) >= 11 is 0. The topological polar surface area (TPSA) is 61.9 Å². The van der Waals surface area contributed by atoms with Crippen molar-refractivity contribution in [2.24, 2.45) is 11.8 Å². The van der Waals surface area contributed by atoms with Crippen LogP contribution in [0.5, 0.6) is 0 Å². The molecule has 6 heteroatoms. The Hall–Kier alpha value is -2.08. The Balaban J connectivity index is 1.39. The highest BCUT2D eigenvalue weighted by Crippen LogP contribution is 2.40. The van der Waals surface area contributed by atoms with Gasteiger partial charge in [-0.15, -0.1) is 0 Å². The van der Waals surface area contributed by atoms with Gasteiger partial charge >= 0.3 is 6.09 Å². The third-order valence-electron chi connectivity index (χ3n) is 7.15. The van der Waals surface area contributed by atoms with Crippen molar-refractivity contribution < 1.29 is 14.3 Å². The van der Waals surface area contributed by atoms with Crippen LogP contribution in [0.25, 0.3) is 0 Å². The molecule has 0 saturated carbocycles. The van der Waals surface area contributed by atoms with Crippen molar-refractivity contribution in [1.29, 1.82) is 0 Å². The summed E-state index contributed by atoms with van der Waals surface area (Å²) in [6.45, 7) is 4.49. The van der Waals surface area contributed by atoms with Gasteiger partial charge in [-0.1, -0.05) is 24.3 Å². The van der Waals surface area contributed by atoms with Crippen molar-refractivity contribution in [3.8, 4) is 0 Å². The Bertz CT molecular complexity index is 759. The second-order valence-corrected chi connectivity index (χ2v) is 8.75. The van der Waals surface area contributed by atoms with Crippen molar-refractivity contribution >= 4 is 12.0 Å². The predicted octanol–water partition coefficient (Wildman–Crippen LogP) is 2.34. The van der Waals surface area contributed by atoms with Crippen molar-refractivity contribution in [1.82, 2.24) is 15.1 Å². The normalized spacial score (nSPS) is 34.5. The SMILES string of the molecule is O=C1CC([C@H]2c3ccccc3CCN2C(=O)O[C@@H]2CN3CCC2CC3)CCN1. The molecule has 1 unspecified atom stereocenters. The van der Waals surface area contributed by atoms with Gasteiger partial charge in [-0.05, 0) is 61.7 Å². The van der Waals surface area contributed by atoms with Gasteiger partial charge in [-0.25, -0.2) is 4.79 Å². The summed E-state index contributed by atoms with van der Waals surface area (Å²) in [6.07, 6.45) is 4.31. The van der Waals surface area contributed by atoms with E-state index in [0.29, 0.717) is 25.4 Å². The minimum Gasteiger partial charge on any atom is -0.444 e. The number of hydrogen-bond acceptors (Lipinski definition) is 4. The van der Waals surface area contributed by atoms with Gasteiger partial charge in [0, 0.05) is 26.1 Å². The molecule has 150 valence electrons. The molecule has 5 aliphatic heterocycles. The van der Waals surface area contributed by atoms with Crippen molar-refractivity contribution in [2.75, 3.05) is 32.7 Å². The van der Waals surface area contributed by atoms with Gasteiger partial charge in [0.15, 0.2) is 0 Å². The van der Waals surface area contributed by atoms with Crippen LogP contribution in [0.15, 0.2) is 24.3 Å². The lowest BCUT2D eigenvalue weighted by Crippen LogP contribution is -2.54. The van der Waals surface area contributed by atoms with E-state index in [-0.39, 0.29) is 30.1 Å². The molecule has 0 radical (unpaired) electrons. The summed E-state index contributed by atoms with van der Waals surface area (Å²) in [7, 11) is 0. The second kappa shape index (κ2) is 7.39. The van der Waals surface area contributed by atoms with E-state index >= 15 is 0 Å². The van der Waals surface area contributed by atoms with Gasteiger partial charge in [-0.2, -0.15) is 0 Å². The Morgan fingerprint density at radius 3 is 2.64 bits per heavy atom. The lowest BCUT2D eigenvalue weighted by Gasteiger charge is -2.46. The number of rotatable bonds is 2. The molecular weight excluding hydrogens is 354 g/mol. The maximum atomic E-state index is 13.3. The minimum absolute atomic E-state index is 0.0162. The summed E-state index contributed by atoms with van der Waals surface area (Å²) in [5.74, 6) is 0.740. The van der Waals surface area contributed by atoms with E-state index in [2.05, 4.69) is 28.4 Å². The number of benzene rings is 1. The van der Waals surface area contributed by atoms with E-state index in [9.17, 15) is 9.59 Å². The highest BCUT2D eigenvalue weighted by Gasteiger charge is 2.42. The average Bonchev–Trinajstić information content (AvgIpc) is 2.73. The zero-order chi connectivity index (χ0) is 19.1. The molecule has 0 spiro atoms. The van der Waals surface area contributed by atoms with Gasteiger partial charge in [0.2, 0.25) is 5.91 Å². The molecule has 5 aliphatic rings. The summed E-state index contributed by atoms with van der Waals surface area (Å²) < 4.78 is 6.07. The molecule has 2 bridgehead atoms. The third-order valence-corrected chi connectivity index (χ3v) is 7.15. The molecule has 3 atom stereocenters. The van der Waals surface area contributed by atoms with Crippen LogP contribution in [0.4, 0.5) is 4.79 Å². The number of fused-ring (bicyclic) bond motifs is 4. The average molecular weight is 383 g/mol. The lowest BCUT2D eigenvalue weighted by molar-refractivity contribution is -0.124. The first-order chi connectivity index (χ1) is 13.7. The van der Waals surface area contributed by atoms with Gasteiger partial charge in [0.05, 0.1) is 6.04 Å².